The number of carbonyl (C=O) groups excluding carboxylic acids is 2. The van der Waals surface area contributed by atoms with Crippen molar-refractivity contribution in [2.45, 2.75) is 32.1 Å². The Morgan fingerprint density at radius 1 is 1.13 bits per heavy atom. The highest BCUT2D eigenvalue weighted by molar-refractivity contribution is 7.15. The summed E-state index contributed by atoms with van der Waals surface area (Å²) in [6, 6.07) is 7.74. The van der Waals surface area contributed by atoms with Crippen LogP contribution in [-0.2, 0) is 9.53 Å². The van der Waals surface area contributed by atoms with Gasteiger partial charge in [-0.25, -0.2) is 4.98 Å². The van der Waals surface area contributed by atoms with Gasteiger partial charge in [0.1, 0.15) is 5.69 Å². The number of hydrogen-bond acceptors (Lipinski definition) is 5. The van der Waals surface area contributed by atoms with E-state index in [1.807, 2.05) is 45.1 Å². The van der Waals surface area contributed by atoms with Crippen molar-refractivity contribution in [2.75, 3.05) is 31.6 Å². The van der Waals surface area contributed by atoms with E-state index in [-0.39, 0.29) is 11.8 Å². The fourth-order valence-electron chi connectivity index (χ4n) is 4.42. The van der Waals surface area contributed by atoms with Crippen LogP contribution >= 0.6 is 11.3 Å². The number of morpholine rings is 1. The minimum atomic E-state index is 0.0128. The summed E-state index contributed by atoms with van der Waals surface area (Å²) in [5.41, 5.74) is 3.20. The number of fused-ring (bicyclic) bond motifs is 1. The molecule has 31 heavy (non-hydrogen) atoms. The molecule has 7 nitrogen and oxygen atoms in total. The summed E-state index contributed by atoms with van der Waals surface area (Å²) < 4.78 is 7.22. The topological polar surface area (TPSA) is 75.9 Å². The molecule has 0 bridgehead atoms. The van der Waals surface area contributed by atoms with Gasteiger partial charge in [-0.15, -0.1) is 11.3 Å². The van der Waals surface area contributed by atoms with Gasteiger partial charge < -0.3 is 15.0 Å². The highest BCUT2D eigenvalue weighted by Gasteiger charge is 2.23. The largest absolute Gasteiger partial charge is 0.378 e. The second-order valence-electron chi connectivity index (χ2n) is 8.28. The number of carbonyl (C=O) groups is 2. The average Bonchev–Trinajstić information content (AvgIpc) is 3.52. The predicted molar refractivity (Wildman–Crippen MR) is 120 cm³/mol. The van der Waals surface area contributed by atoms with Gasteiger partial charge in [-0.3, -0.25) is 14.0 Å². The van der Waals surface area contributed by atoms with Gasteiger partial charge in [-0.1, -0.05) is 25.0 Å². The van der Waals surface area contributed by atoms with E-state index in [0.29, 0.717) is 44.3 Å². The molecule has 2 aromatic heterocycles. The second-order valence-corrected chi connectivity index (χ2v) is 9.12. The molecule has 0 radical (unpaired) electrons. The van der Waals surface area contributed by atoms with Crippen molar-refractivity contribution in [1.29, 1.82) is 0 Å². The van der Waals surface area contributed by atoms with Gasteiger partial charge in [-0.05, 0) is 30.9 Å². The van der Waals surface area contributed by atoms with Gasteiger partial charge in [0.25, 0.3) is 5.91 Å². The third-order valence-corrected chi connectivity index (χ3v) is 6.98. The molecule has 2 amide bonds. The van der Waals surface area contributed by atoms with E-state index in [9.17, 15) is 9.59 Å². The van der Waals surface area contributed by atoms with E-state index < -0.39 is 0 Å². The van der Waals surface area contributed by atoms with Crippen molar-refractivity contribution in [3.05, 3.63) is 41.5 Å². The van der Waals surface area contributed by atoms with E-state index in [1.165, 1.54) is 37.0 Å². The lowest BCUT2D eigenvalue weighted by Gasteiger charge is -2.26. The summed E-state index contributed by atoms with van der Waals surface area (Å²) in [5, 5.41) is 4.87. The number of anilines is 1. The lowest BCUT2D eigenvalue weighted by molar-refractivity contribution is -0.117. The molecule has 1 N–H and O–H groups in total. The first-order valence-electron chi connectivity index (χ1n) is 10.9. The van der Waals surface area contributed by atoms with E-state index in [0.717, 1.165) is 21.9 Å². The smallest absolute Gasteiger partial charge is 0.271 e. The minimum Gasteiger partial charge on any atom is -0.378 e. The van der Waals surface area contributed by atoms with Crippen molar-refractivity contribution in [1.82, 2.24) is 14.3 Å². The van der Waals surface area contributed by atoms with Crippen molar-refractivity contribution >= 4 is 33.8 Å². The van der Waals surface area contributed by atoms with Gasteiger partial charge in [0.05, 0.1) is 18.9 Å². The normalized spacial score (nSPS) is 17.4. The van der Waals surface area contributed by atoms with Crippen LogP contribution in [0.1, 0.15) is 42.6 Å². The van der Waals surface area contributed by atoms with Crippen molar-refractivity contribution < 1.29 is 14.3 Å². The number of amides is 2. The van der Waals surface area contributed by atoms with Crippen molar-refractivity contribution in [2.24, 2.45) is 5.92 Å². The van der Waals surface area contributed by atoms with Crippen LogP contribution in [0.25, 0.3) is 16.2 Å². The number of rotatable bonds is 5. The van der Waals surface area contributed by atoms with Crippen LogP contribution in [0.2, 0.25) is 0 Å². The van der Waals surface area contributed by atoms with Gasteiger partial charge in [0, 0.05) is 42.3 Å². The number of imidazole rings is 1. The van der Waals surface area contributed by atoms with Gasteiger partial charge in [0.15, 0.2) is 4.96 Å². The standard InChI is InChI=1S/C23H26N4O3S/c28-21(13-16-3-1-2-4-16)24-18-7-5-17(6-8-18)19-14-27-20(15-31-23(27)25-19)22(29)26-9-11-30-12-10-26/h5-8,14-16H,1-4,9-13H2,(H,24,28). The monoisotopic (exact) mass is 438 g/mol. The zero-order valence-electron chi connectivity index (χ0n) is 17.4. The molecule has 1 saturated heterocycles. The SMILES string of the molecule is O=C(CC1CCCC1)Nc1ccc(-c2cn3c(C(=O)N4CCOCC4)csc3n2)cc1. The fourth-order valence-corrected chi connectivity index (χ4v) is 5.27. The summed E-state index contributed by atoms with van der Waals surface area (Å²) in [7, 11) is 0. The maximum absolute atomic E-state index is 12.9. The molecule has 1 aromatic carbocycles. The molecule has 162 valence electrons. The van der Waals surface area contributed by atoms with Crippen LogP contribution < -0.4 is 5.32 Å². The number of nitrogens with zero attached hydrogens (tertiary/aromatic N) is 3. The molecule has 8 heteroatoms. The zero-order valence-corrected chi connectivity index (χ0v) is 18.2. The van der Waals surface area contributed by atoms with E-state index in [4.69, 9.17) is 4.74 Å². The number of aromatic nitrogens is 2. The first-order valence-corrected chi connectivity index (χ1v) is 11.8. The maximum atomic E-state index is 12.9. The Balaban J connectivity index is 1.28. The third kappa shape index (κ3) is 4.36. The Morgan fingerprint density at radius 3 is 2.61 bits per heavy atom. The fraction of sp³-hybridized carbons (Fsp3) is 0.435. The van der Waals surface area contributed by atoms with Crippen molar-refractivity contribution in [3.8, 4) is 11.3 Å². The molecule has 3 aromatic rings. The number of ether oxygens (including phenoxy) is 1. The number of hydrogen-bond donors (Lipinski definition) is 1. The molecule has 5 rings (SSSR count). The summed E-state index contributed by atoms with van der Waals surface area (Å²) in [5.74, 6) is 0.638. The number of benzene rings is 1. The van der Waals surface area contributed by atoms with Gasteiger partial charge in [0.2, 0.25) is 5.91 Å². The number of thiazole rings is 1. The minimum absolute atomic E-state index is 0.0128. The van der Waals surface area contributed by atoms with Crippen LogP contribution in [0.3, 0.4) is 0 Å². The quantitative estimate of drug-likeness (QED) is 0.652. The molecule has 2 fully saturated rings. The van der Waals surface area contributed by atoms with E-state index >= 15 is 0 Å². The average molecular weight is 439 g/mol. The Morgan fingerprint density at radius 2 is 1.87 bits per heavy atom. The van der Waals surface area contributed by atoms with Crippen LogP contribution in [-0.4, -0.2) is 52.4 Å². The molecule has 2 aliphatic rings. The van der Waals surface area contributed by atoms with Crippen LogP contribution in [0.4, 0.5) is 5.69 Å². The maximum Gasteiger partial charge on any atom is 0.271 e. The van der Waals surface area contributed by atoms with Crippen LogP contribution in [0.15, 0.2) is 35.8 Å². The molecule has 1 aliphatic heterocycles. The summed E-state index contributed by atoms with van der Waals surface area (Å²) >= 11 is 1.46. The molecule has 0 spiro atoms. The highest BCUT2D eigenvalue weighted by atomic mass is 32.1. The Kier molecular flexibility index (Phi) is 5.74. The molecule has 1 saturated carbocycles. The predicted octanol–water partition coefficient (Wildman–Crippen LogP) is 4.05. The molecule has 1 aliphatic carbocycles. The summed E-state index contributed by atoms with van der Waals surface area (Å²) in [4.78, 5) is 32.5. The first-order chi connectivity index (χ1) is 15.2. The van der Waals surface area contributed by atoms with Crippen molar-refractivity contribution in [3.63, 3.8) is 0 Å². The lowest BCUT2D eigenvalue weighted by Crippen LogP contribution is -2.41. The molecule has 0 unspecified atom stereocenters. The van der Waals surface area contributed by atoms with E-state index in [2.05, 4.69) is 10.3 Å². The third-order valence-electron chi connectivity index (χ3n) is 6.14. The Labute approximate surface area is 185 Å². The Hall–Kier alpha value is -2.71. The van der Waals surface area contributed by atoms with Crippen LogP contribution in [0, 0.1) is 5.92 Å². The number of nitrogens with one attached hydrogen (secondary N) is 1. The highest BCUT2D eigenvalue weighted by Crippen LogP contribution is 2.28. The van der Waals surface area contributed by atoms with Crippen LogP contribution in [0.5, 0.6) is 0 Å². The first kappa shape index (κ1) is 20.2. The van der Waals surface area contributed by atoms with Gasteiger partial charge >= 0.3 is 0 Å². The zero-order chi connectivity index (χ0) is 21.2. The molecule has 3 heterocycles. The lowest BCUT2D eigenvalue weighted by atomic mass is 10.0. The molecular weight excluding hydrogens is 412 g/mol. The van der Waals surface area contributed by atoms with Gasteiger partial charge in [-0.2, -0.15) is 0 Å². The molecule has 0 atom stereocenters. The summed E-state index contributed by atoms with van der Waals surface area (Å²) in [6.45, 7) is 2.40. The van der Waals surface area contributed by atoms with E-state index in [1.54, 1.807) is 0 Å². The summed E-state index contributed by atoms with van der Waals surface area (Å²) in [6.07, 6.45) is 7.34. The molecular formula is C23H26N4O3S. The second kappa shape index (κ2) is 8.80. The Bertz CT molecular complexity index is 1080.